The number of hydrogen-bond donors (Lipinski definition) is 1. The Bertz CT molecular complexity index is 754. The van der Waals surface area contributed by atoms with E-state index in [2.05, 4.69) is 0 Å². The van der Waals surface area contributed by atoms with E-state index < -0.39 is 11.9 Å². The zero-order valence-electron chi connectivity index (χ0n) is 11.1. The highest BCUT2D eigenvalue weighted by molar-refractivity contribution is 6.06. The summed E-state index contributed by atoms with van der Waals surface area (Å²) in [6.45, 7) is 0. The van der Waals surface area contributed by atoms with Crippen LogP contribution in [0.5, 0.6) is 17.2 Å². The maximum absolute atomic E-state index is 12.2. The summed E-state index contributed by atoms with van der Waals surface area (Å²) in [6, 6.07) is 9.27. The number of nitrogens with two attached hydrogens (primary N) is 1. The van der Waals surface area contributed by atoms with Crippen molar-refractivity contribution in [2.75, 3.05) is 12.8 Å². The molecule has 0 unspecified atom stereocenters. The molecular weight excluding hydrogens is 274 g/mol. The fourth-order valence-electron chi connectivity index (χ4n) is 2.06. The zero-order valence-corrected chi connectivity index (χ0v) is 11.1. The Kier molecular flexibility index (Phi) is 2.98. The summed E-state index contributed by atoms with van der Waals surface area (Å²) >= 11 is 0. The summed E-state index contributed by atoms with van der Waals surface area (Å²) in [4.78, 5) is 24.4. The van der Waals surface area contributed by atoms with Gasteiger partial charge in [-0.15, -0.1) is 0 Å². The minimum Gasteiger partial charge on any atom is -0.493 e. The Morgan fingerprint density at radius 2 is 1.48 bits per heavy atom. The van der Waals surface area contributed by atoms with Crippen LogP contribution in [0.1, 0.15) is 20.7 Å². The number of anilines is 1. The van der Waals surface area contributed by atoms with Crippen molar-refractivity contribution in [1.29, 1.82) is 0 Å². The average Bonchev–Trinajstić information content (AvgIpc) is 2.49. The number of carbonyl (C=O) groups excluding carboxylic acids is 2. The Labute approximate surface area is 120 Å². The Hall–Kier alpha value is -3.02. The number of benzene rings is 2. The van der Waals surface area contributed by atoms with Crippen molar-refractivity contribution in [3.8, 4) is 17.2 Å². The molecule has 0 atom stereocenters. The largest absolute Gasteiger partial charge is 0.493 e. The van der Waals surface area contributed by atoms with E-state index in [1.165, 1.54) is 31.4 Å². The lowest BCUT2D eigenvalue weighted by molar-refractivity contribution is 0.0645. The first kappa shape index (κ1) is 13.0. The van der Waals surface area contributed by atoms with Crippen LogP contribution in [0.3, 0.4) is 0 Å². The van der Waals surface area contributed by atoms with Gasteiger partial charge in [0.1, 0.15) is 0 Å². The van der Waals surface area contributed by atoms with E-state index >= 15 is 0 Å². The van der Waals surface area contributed by atoms with E-state index in [0.29, 0.717) is 0 Å². The standard InChI is InChI=1S/C15H11NO5/c1-19-11-7-6-10(16)12-13(11)21-15(18)9-5-3-2-4-8(9)14(17)20-12/h2-7H,16H2,1H3. The third-order valence-electron chi connectivity index (χ3n) is 3.08. The molecule has 106 valence electrons. The van der Waals surface area contributed by atoms with Gasteiger partial charge in [0, 0.05) is 0 Å². The maximum Gasteiger partial charge on any atom is 0.344 e. The SMILES string of the molecule is COc1ccc(N)c2c1OC(=O)c1ccccc1C(=O)O2. The maximum atomic E-state index is 12.2. The van der Waals surface area contributed by atoms with Crippen molar-refractivity contribution >= 4 is 17.6 Å². The van der Waals surface area contributed by atoms with Crippen LogP contribution in [0.4, 0.5) is 5.69 Å². The topological polar surface area (TPSA) is 87.9 Å². The van der Waals surface area contributed by atoms with E-state index in [1.54, 1.807) is 12.1 Å². The monoisotopic (exact) mass is 285 g/mol. The van der Waals surface area contributed by atoms with Gasteiger partial charge in [-0.05, 0) is 24.3 Å². The summed E-state index contributed by atoms with van der Waals surface area (Å²) in [5.41, 5.74) is 6.21. The molecule has 2 N–H and O–H groups in total. The van der Waals surface area contributed by atoms with E-state index in [4.69, 9.17) is 19.9 Å². The average molecular weight is 285 g/mol. The lowest BCUT2D eigenvalue weighted by Crippen LogP contribution is -2.22. The van der Waals surface area contributed by atoms with E-state index in [-0.39, 0.29) is 34.1 Å². The molecule has 6 heteroatoms. The number of esters is 2. The molecule has 6 nitrogen and oxygen atoms in total. The quantitative estimate of drug-likeness (QED) is 0.490. The lowest BCUT2D eigenvalue weighted by atomic mass is 10.1. The summed E-state index contributed by atoms with van der Waals surface area (Å²) in [6.07, 6.45) is 0. The van der Waals surface area contributed by atoms with Gasteiger partial charge in [-0.1, -0.05) is 12.1 Å². The van der Waals surface area contributed by atoms with Crippen molar-refractivity contribution < 1.29 is 23.8 Å². The molecule has 0 aliphatic carbocycles. The highest BCUT2D eigenvalue weighted by Crippen LogP contribution is 2.43. The molecule has 0 saturated heterocycles. The molecule has 3 rings (SSSR count). The number of rotatable bonds is 1. The molecule has 0 fully saturated rings. The van der Waals surface area contributed by atoms with Gasteiger partial charge in [-0.2, -0.15) is 0 Å². The van der Waals surface area contributed by atoms with Crippen molar-refractivity contribution in [2.24, 2.45) is 0 Å². The number of nitrogen functional groups attached to an aromatic ring is 1. The van der Waals surface area contributed by atoms with Crippen LogP contribution in [-0.2, 0) is 0 Å². The van der Waals surface area contributed by atoms with Gasteiger partial charge in [-0.25, -0.2) is 9.59 Å². The number of methoxy groups -OCH3 is 1. The van der Waals surface area contributed by atoms with Crippen molar-refractivity contribution in [3.05, 3.63) is 47.5 Å². The van der Waals surface area contributed by atoms with Gasteiger partial charge in [0.15, 0.2) is 5.75 Å². The van der Waals surface area contributed by atoms with Crippen LogP contribution in [0.25, 0.3) is 0 Å². The molecule has 2 aromatic carbocycles. The molecule has 0 saturated carbocycles. The predicted molar refractivity (Wildman–Crippen MR) is 73.8 cm³/mol. The molecule has 21 heavy (non-hydrogen) atoms. The summed E-state index contributed by atoms with van der Waals surface area (Å²) in [5.74, 6) is -1.14. The number of hydrogen-bond acceptors (Lipinski definition) is 6. The third kappa shape index (κ3) is 2.06. The molecular formula is C15H11NO5. The van der Waals surface area contributed by atoms with Gasteiger partial charge in [0.05, 0.1) is 23.9 Å². The molecule has 0 amide bonds. The van der Waals surface area contributed by atoms with Crippen LogP contribution in [-0.4, -0.2) is 19.0 Å². The Morgan fingerprint density at radius 1 is 0.905 bits per heavy atom. The van der Waals surface area contributed by atoms with Gasteiger partial charge in [0.25, 0.3) is 0 Å². The second-order valence-corrected chi connectivity index (χ2v) is 4.34. The molecule has 0 bridgehead atoms. The van der Waals surface area contributed by atoms with E-state index in [9.17, 15) is 9.59 Å². The van der Waals surface area contributed by atoms with E-state index in [1.807, 2.05) is 0 Å². The lowest BCUT2D eigenvalue weighted by Gasteiger charge is -2.19. The van der Waals surface area contributed by atoms with Crippen molar-refractivity contribution in [2.45, 2.75) is 0 Å². The van der Waals surface area contributed by atoms with Gasteiger partial charge in [0.2, 0.25) is 11.5 Å². The molecule has 2 aromatic rings. The smallest absolute Gasteiger partial charge is 0.344 e. The fourth-order valence-corrected chi connectivity index (χ4v) is 2.06. The van der Waals surface area contributed by atoms with Crippen LogP contribution < -0.4 is 19.9 Å². The molecule has 0 spiro atoms. The van der Waals surface area contributed by atoms with E-state index in [0.717, 1.165) is 0 Å². The van der Waals surface area contributed by atoms with Crippen LogP contribution in [0.2, 0.25) is 0 Å². The minimum atomic E-state index is -0.677. The highest BCUT2D eigenvalue weighted by atomic mass is 16.6. The molecule has 1 aliphatic rings. The molecule has 0 aromatic heterocycles. The van der Waals surface area contributed by atoms with Gasteiger partial charge < -0.3 is 19.9 Å². The minimum absolute atomic E-state index is 0.00893. The van der Waals surface area contributed by atoms with Crippen LogP contribution >= 0.6 is 0 Å². The summed E-state index contributed by atoms with van der Waals surface area (Å²) < 4.78 is 15.7. The molecule has 1 aliphatic heterocycles. The predicted octanol–water partition coefficient (Wildman–Crippen LogP) is 2.03. The number of ether oxygens (including phenoxy) is 3. The Morgan fingerprint density at radius 3 is 2.05 bits per heavy atom. The zero-order chi connectivity index (χ0) is 15.0. The second-order valence-electron chi connectivity index (χ2n) is 4.34. The van der Waals surface area contributed by atoms with Gasteiger partial charge >= 0.3 is 11.9 Å². The van der Waals surface area contributed by atoms with Crippen molar-refractivity contribution in [1.82, 2.24) is 0 Å². The van der Waals surface area contributed by atoms with Crippen LogP contribution in [0.15, 0.2) is 36.4 Å². The summed E-state index contributed by atoms with van der Waals surface area (Å²) in [7, 11) is 1.41. The first-order valence-electron chi connectivity index (χ1n) is 6.11. The molecule has 1 heterocycles. The first-order chi connectivity index (χ1) is 10.1. The first-order valence-corrected chi connectivity index (χ1v) is 6.11. The normalized spacial score (nSPS) is 13.2. The highest BCUT2D eigenvalue weighted by Gasteiger charge is 2.29. The fraction of sp³-hybridized carbons (Fsp3) is 0.0667. The number of fused-ring (bicyclic) bond motifs is 2. The van der Waals surface area contributed by atoms with Gasteiger partial charge in [-0.3, -0.25) is 0 Å². The van der Waals surface area contributed by atoms with Crippen molar-refractivity contribution in [3.63, 3.8) is 0 Å². The Balaban J connectivity index is 2.21. The third-order valence-corrected chi connectivity index (χ3v) is 3.08. The van der Waals surface area contributed by atoms with Crippen LogP contribution in [0, 0.1) is 0 Å². The second kappa shape index (κ2) is 4.82. The molecule has 0 radical (unpaired) electrons. The number of carbonyl (C=O) groups is 2. The summed E-state index contributed by atoms with van der Waals surface area (Å²) in [5, 5.41) is 0.